The zero-order chi connectivity index (χ0) is 10.0. The van der Waals surface area contributed by atoms with Gasteiger partial charge in [0.05, 0.1) is 6.73 Å². The Labute approximate surface area is 83.6 Å². The predicted octanol–water partition coefficient (Wildman–Crippen LogP) is 0.530. The van der Waals surface area contributed by atoms with Gasteiger partial charge in [0.15, 0.2) is 0 Å². The second-order valence-corrected chi connectivity index (χ2v) is 3.84. The van der Waals surface area contributed by atoms with E-state index in [0.29, 0.717) is 13.0 Å². The second kappa shape index (κ2) is 3.69. The summed E-state index contributed by atoms with van der Waals surface area (Å²) in [5, 5.41) is 19.3. The highest BCUT2D eigenvalue weighted by Gasteiger charge is 2.36. The van der Waals surface area contributed by atoms with Crippen LogP contribution in [0.3, 0.4) is 0 Å². The number of aliphatic hydroxyl groups excluding tert-OH is 1. The van der Waals surface area contributed by atoms with Crippen molar-refractivity contribution in [3.63, 3.8) is 0 Å². The van der Waals surface area contributed by atoms with Crippen molar-refractivity contribution in [3.8, 4) is 0 Å². The SMILES string of the molecule is OCN1CCC(O)(c2ccccc2)C1. The molecule has 76 valence electrons. The van der Waals surface area contributed by atoms with Crippen molar-refractivity contribution in [1.82, 2.24) is 4.90 Å². The summed E-state index contributed by atoms with van der Waals surface area (Å²) >= 11 is 0. The summed E-state index contributed by atoms with van der Waals surface area (Å²) in [5.41, 5.74) is 0.167. The highest BCUT2D eigenvalue weighted by atomic mass is 16.3. The van der Waals surface area contributed by atoms with E-state index < -0.39 is 5.60 Å². The molecule has 1 atom stereocenters. The van der Waals surface area contributed by atoms with Gasteiger partial charge in [-0.3, -0.25) is 4.90 Å². The fourth-order valence-corrected chi connectivity index (χ4v) is 1.98. The smallest absolute Gasteiger partial charge is 0.104 e. The lowest BCUT2D eigenvalue weighted by molar-refractivity contribution is 0.0315. The number of aliphatic hydroxyl groups is 2. The average molecular weight is 193 g/mol. The molecule has 1 saturated heterocycles. The van der Waals surface area contributed by atoms with Gasteiger partial charge in [-0.2, -0.15) is 0 Å². The maximum Gasteiger partial charge on any atom is 0.104 e. The van der Waals surface area contributed by atoms with Crippen LogP contribution in [0.15, 0.2) is 30.3 Å². The first-order valence-electron chi connectivity index (χ1n) is 4.86. The van der Waals surface area contributed by atoms with E-state index in [1.807, 2.05) is 35.2 Å². The zero-order valence-corrected chi connectivity index (χ0v) is 8.06. The van der Waals surface area contributed by atoms with Crippen molar-refractivity contribution in [1.29, 1.82) is 0 Å². The lowest BCUT2D eigenvalue weighted by Gasteiger charge is -2.23. The fraction of sp³-hybridized carbons (Fsp3) is 0.455. The lowest BCUT2D eigenvalue weighted by atomic mass is 9.93. The molecule has 1 aromatic rings. The highest BCUT2D eigenvalue weighted by molar-refractivity contribution is 5.23. The van der Waals surface area contributed by atoms with Gasteiger partial charge in [0.2, 0.25) is 0 Å². The first kappa shape index (κ1) is 9.65. The monoisotopic (exact) mass is 193 g/mol. The molecule has 1 aromatic carbocycles. The van der Waals surface area contributed by atoms with E-state index in [1.54, 1.807) is 0 Å². The first-order chi connectivity index (χ1) is 6.74. The van der Waals surface area contributed by atoms with Gasteiger partial charge in [0.1, 0.15) is 5.60 Å². The van der Waals surface area contributed by atoms with E-state index in [-0.39, 0.29) is 6.73 Å². The maximum absolute atomic E-state index is 10.3. The minimum atomic E-state index is -0.774. The second-order valence-electron chi connectivity index (χ2n) is 3.84. The molecule has 2 N–H and O–H groups in total. The maximum atomic E-state index is 10.3. The van der Waals surface area contributed by atoms with Crippen molar-refractivity contribution in [2.45, 2.75) is 12.0 Å². The van der Waals surface area contributed by atoms with Gasteiger partial charge in [-0.25, -0.2) is 0 Å². The third-order valence-electron chi connectivity index (χ3n) is 2.84. The van der Waals surface area contributed by atoms with E-state index in [2.05, 4.69) is 0 Å². The van der Waals surface area contributed by atoms with Crippen LogP contribution in [0.1, 0.15) is 12.0 Å². The largest absolute Gasteiger partial charge is 0.384 e. The normalized spacial score (nSPS) is 28.1. The van der Waals surface area contributed by atoms with Gasteiger partial charge < -0.3 is 10.2 Å². The Balaban J connectivity index is 2.19. The van der Waals surface area contributed by atoms with Gasteiger partial charge >= 0.3 is 0 Å². The van der Waals surface area contributed by atoms with Crippen LogP contribution in [-0.4, -0.2) is 34.9 Å². The molecule has 0 saturated carbocycles. The summed E-state index contributed by atoms with van der Waals surface area (Å²) in [6, 6.07) is 9.65. The summed E-state index contributed by atoms with van der Waals surface area (Å²) < 4.78 is 0. The fourth-order valence-electron chi connectivity index (χ4n) is 1.98. The molecule has 0 radical (unpaired) electrons. The van der Waals surface area contributed by atoms with E-state index in [4.69, 9.17) is 5.11 Å². The van der Waals surface area contributed by atoms with Crippen molar-refractivity contribution >= 4 is 0 Å². The van der Waals surface area contributed by atoms with E-state index in [1.165, 1.54) is 0 Å². The summed E-state index contributed by atoms with van der Waals surface area (Å²) in [6.07, 6.45) is 0.692. The summed E-state index contributed by atoms with van der Waals surface area (Å²) in [7, 11) is 0. The third kappa shape index (κ3) is 1.66. The molecule has 3 heteroatoms. The number of likely N-dealkylation sites (tertiary alicyclic amines) is 1. The number of hydrogen-bond acceptors (Lipinski definition) is 3. The number of rotatable bonds is 2. The molecule has 1 aliphatic heterocycles. The Morgan fingerprint density at radius 3 is 2.57 bits per heavy atom. The van der Waals surface area contributed by atoms with Crippen LogP contribution in [0.25, 0.3) is 0 Å². The Hall–Kier alpha value is -0.900. The number of β-amino-alcohol motifs (C(OH)–C–C–N with tert-alkyl or cyclic N) is 1. The Bertz CT molecular complexity index is 301. The zero-order valence-electron chi connectivity index (χ0n) is 8.06. The predicted molar refractivity (Wildman–Crippen MR) is 53.6 cm³/mol. The molecule has 0 bridgehead atoms. The topological polar surface area (TPSA) is 43.7 Å². The van der Waals surface area contributed by atoms with E-state index in [9.17, 15) is 5.11 Å². The van der Waals surface area contributed by atoms with Crippen molar-refractivity contribution in [2.75, 3.05) is 19.8 Å². The first-order valence-corrected chi connectivity index (χ1v) is 4.86. The van der Waals surface area contributed by atoms with Gasteiger partial charge in [-0.15, -0.1) is 0 Å². The average Bonchev–Trinajstić information content (AvgIpc) is 2.63. The number of nitrogens with zero attached hydrogens (tertiary/aromatic N) is 1. The number of benzene rings is 1. The molecule has 1 aliphatic rings. The van der Waals surface area contributed by atoms with Crippen LogP contribution in [0.4, 0.5) is 0 Å². The summed E-state index contributed by atoms with van der Waals surface area (Å²) in [6.45, 7) is 1.30. The van der Waals surface area contributed by atoms with Gasteiger partial charge in [0.25, 0.3) is 0 Å². The van der Waals surface area contributed by atoms with Crippen LogP contribution in [-0.2, 0) is 5.60 Å². The molecular weight excluding hydrogens is 178 g/mol. The molecule has 0 amide bonds. The van der Waals surface area contributed by atoms with Crippen LogP contribution < -0.4 is 0 Å². The van der Waals surface area contributed by atoms with Gasteiger partial charge in [-0.1, -0.05) is 30.3 Å². The molecule has 1 heterocycles. The van der Waals surface area contributed by atoms with Gasteiger partial charge in [0, 0.05) is 13.1 Å². The van der Waals surface area contributed by atoms with E-state index in [0.717, 1.165) is 12.1 Å². The lowest BCUT2D eigenvalue weighted by Crippen LogP contribution is -2.31. The molecule has 2 rings (SSSR count). The molecule has 1 unspecified atom stereocenters. The van der Waals surface area contributed by atoms with E-state index >= 15 is 0 Å². The molecule has 0 aliphatic carbocycles. The number of hydrogen-bond donors (Lipinski definition) is 2. The molecular formula is C11H15NO2. The molecule has 14 heavy (non-hydrogen) atoms. The Kier molecular flexibility index (Phi) is 2.54. The molecule has 1 fully saturated rings. The minimum Gasteiger partial charge on any atom is -0.384 e. The molecule has 0 spiro atoms. The van der Waals surface area contributed by atoms with Crippen LogP contribution in [0.2, 0.25) is 0 Å². The van der Waals surface area contributed by atoms with Crippen LogP contribution in [0.5, 0.6) is 0 Å². The van der Waals surface area contributed by atoms with Crippen molar-refractivity contribution in [3.05, 3.63) is 35.9 Å². The van der Waals surface area contributed by atoms with Gasteiger partial charge in [-0.05, 0) is 12.0 Å². The summed E-state index contributed by atoms with van der Waals surface area (Å²) in [5.74, 6) is 0. The standard InChI is InChI=1S/C11H15NO2/c13-9-12-7-6-11(14,8-12)10-4-2-1-3-5-10/h1-5,13-14H,6-9H2. The van der Waals surface area contributed by atoms with Crippen molar-refractivity contribution in [2.24, 2.45) is 0 Å². The minimum absolute atomic E-state index is 0.0230. The quantitative estimate of drug-likeness (QED) is 0.720. The Morgan fingerprint density at radius 1 is 1.29 bits per heavy atom. The van der Waals surface area contributed by atoms with Crippen LogP contribution in [0, 0.1) is 0 Å². The summed E-state index contributed by atoms with van der Waals surface area (Å²) in [4.78, 5) is 1.84. The van der Waals surface area contributed by atoms with Crippen LogP contribution >= 0.6 is 0 Å². The Morgan fingerprint density at radius 2 is 2.00 bits per heavy atom. The molecule has 3 nitrogen and oxygen atoms in total. The molecule has 0 aromatic heterocycles. The third-order valence-corrected chi connectivity index (χ3v) is 2.84. The highest BCUT2D eigenvalue weighted by Crippen LogP contribution is 2.31. The van der Waals surface area contributed by atoms with Crippen molar-refractivity contribution < 1.29 is 10.2 Å².